The van der Waals surface area contributed by atoms with Crippen LogP contribution in [0.3, 0.4) is 0 Å². The lowest BCUT2D eigenvalue weighted by atomic mass is 10.3. The third-order valence-electron chi connectivity index (χ3n) is 2.15. The Morgan fingerprint density at radius 1 is 1.53 bits per heavy atom. The Labute approximate surface area is 87.5 Å². The second kappa shape index (κ2) is 4.22. The molecule has 2 aromatic heterocycles. The summed E-state index contributed by atoms with van der Waals surface area (Å²) in [4.78, 5) is 0. The summed E-state index contributed by atoms with van der Waals surface area (Å²) in [6, 6.07) is 1.95. The molecule has 2 heterocycles. The zero-order chi connectivity index (χ0) is 10.7. The van der Waals surface area contributed by atoms with Crippen LogP contribution in [-0.4, -0.2) is 31.5 Å². The van der Waals surface area contributed by atoms with Crippen LogP contribution in [0, 0.1) is 6.92 Å². The summed E-state index contributed by atoms with van der Waals surface area (Å²) >= 11 is 0. The Bertz CT molecular complexity index is 429. The van der Waals surface area contributed by atoms with Gasteiger partial charge in [-0.2, -0.15) is 5.10 Å². The Balaban J connectivity index is 2.24. The molecule has 15 heavy (non-hydrogen) atoms. The average molecular weight is 206 g/mol. The summed E-state index contributed by atoms with van der Waals surface area (Å²) < 4.78 is 1.96. The van der Waals surface area contributed by atoms with Gasteiger partial charge in [-0.3, -0.25) is 5.10 Å². The van der Waals surface area contributed by atoms with E-state index in [1.807, 2.05) is 17.6 Å². The molecule has 0 atom stereocenters. The molecule has 2 rings (SSSR count). The molecule has 0 spiro atoms. The highest BCUT2D eigenvalue weighted by molar-refractivity contribution is 5.48. The highest BCUT2D eigenvalue weighted by Gasteiger charge is 2.09. The van der Waals surface area contributed by atoms with E-state index in [-0.39, 0.29) is 0 Å². The molecule has 3 N–H and O–H groups in total. The van der Waals surface area contributed by atoms with Gasteiger partial charge in [0.2, 0.25) is 0 Å². The number of nitrogens with two attached hydrogens (primary N) is 1. The highest BCUT2D eigenvalue weighted by atomic mass is 15.3. The predicted molar refractivity (Wildman–Crippen MR) is 56.0 cm³/mol. The maximum absolute atomic E-state index is 5.46. The van der Waals surface area contributed by atoms with Gasteiger partial charge in [-0.1, -0.05) is 0 Å². The summed E-state index contributed by atoms with van der Waals surface area (Å²) in [6.07, 6.45) is 2.61. The number of nitrogens with zero attached hydrogens (tertiary/aromatic N) is 4. The summed E-state index contributed by atoms with van der Waals surface area (Å²) in [6.45, 7) is 3.44. The highest BCUT2D eigenvalue weighted by Crippen LogP contribution is 2.14. The number of aromatic nitrogens is 5. The molecular formula is C9H14N6. The fraction of sp³-hybridized carbons (Fsp3) is 0.444. The van der Waals surface area contributed by atoms with Gasteiger partial charge in [0, 0.05) is 12.2 Å². The molecule has 0 fully saturated rings. The van der Waals surface area contributed by atoms with Gasteiger partial charge in [0.05, 0.1) is 0 Å². The lowest BCUT2D eigenvalue weighted by molar-refractivity contribution is 0.652. The molecule has 0 bridgehead atoms. The van der Waals surface area contributed by atoms with E-state index in [1.165, 1.54) is 0 Å². The summed E-state index contributed by atoms with van der Waals surface area (Å²) in [7, 11) is 0. The van der Waals surface area contributed by atoms with Gasteiger partial charge in [-0.05, 0) is 26.0 Å². The van der Waals surface area contributed by atoms with Crippen molar-refractivity contribution in [1.82, 2.24) is 25.0 Å². The molecule has 0 aliphatic rings. The van der Waals surface area contributed by atoms with Crippen molar-refractivity contribution in [3.63, 3.8) is 0 Å². The van der Waals surface area contributed by atoms with Crippen molar-refractivity contribution < 1.29 is 0 Å². The topological polar surface area (TPSA) is 85.4 Å². The molecular weight excluding hydrogens is 192 g/mol. The fourth-order valence-electron chi connectivity index (χ4n) is 1.41. The van der Waals surface area contributed by atoms with Gasteiger partial charge in [-0.15, -0.1) is 10.2 Å². The molecule has 6 heteroatoms. The molecule has 80 valence electrons. The van der Waals surface area contributed by atoms with Crippen LogP contribution in [0.25, 0.3) is 11.5 Å². The number of H-pyrrole nitrogens is 1. The predicted octanol–water partition coefficient (Wildman–Crippen LogP) is 0.325. The fourth-order valence-corrected chi connectivity index (χ4v) is 1.41. The van der Waals surface area contributed by atoms with Gasteiger partial charge in [-0.25, -0.2) is 0 Å². The first-order chi connectivity index (χ1) is 7.31. The van der Waals surface area contributed by atoms with Crippen LogP contribution in [0.15, 0.2) is 12.4 Å². The van der Waals surface area contributed by atoms with Crippen LogP contribution in [0.5, 0.6) is 0 Å². The largest absolute Gasteiger partial charge is 0.330 e. The summed E-state index contributed by atoms with van der Waals surface area (Å²) in [5.74, 6) is 0.785. The monoisotopic (exact) mass is 206 g/mol. The molecule has 0 saturated heterocycles. The minimum absolute atomic E-state index is 0.664. The van der Waals surface area contributed by atoms with Crippen LogP contribution in [0.4, 0.5) is 0 Å². The van der Waals surface area contributed by atoms with Gasteiger partial charge in [0.1, 0.15) is 12.0 Å². The molecule has 0 unspecified atom stereocenters. The van der Waals surface area contributed by atoms with E-state index in [0.29, 0.717) is 6.54 Å². The Kier molecular flexibility index (Phi) is 2.77. The number of hydrogen-bond donors (Lipinski definition) is 2. The third kappa shape index (κ3) is 2.04. The number of aryl methyl sites for hydroxylation is 2. The maximum Gasteiger partial charge on any atom is 0.184 e. The number of nitrogens with one attached hydrogen (secondary N) is 1. The lowest BCUT2D eigenvalue weighted by Crippen LogP contribution is -2.06. The van der Waals surface area contributed by atoms with Gasteiger partial charge in [0.15, 0.2) is 5.82 Å². The quantitative estimate of drug-likeness (QED) is 0.754. The molecule has 0 aliphatic heterocycles. The van der Waals surface area contributed by atoms with Gasteiger partial charge < -0.3 is 10.3 Å². The zero-order valence-corrected chi connectivity index (χ0v) is 8.64. The minimum Gasteiger partial charge on any atom is -0.330 e. The average Bonchev–Trinajstić information content (AvgIpc) is 2.82. The van der Waals surface area contributed by atoms with Crippen LogP contribution >= 0.6 is 0 Å². The first-order valence-corrected chi connectivity index (χ1v) is 4.91. The van der Waals surface area contributed by atoms with Crippen molar-refractivity contribution in [2.24, 2.45) is 5.73 Å². The standard InChI is InChI=1S/C9H14N6/c1-7-5-8(13-12-7)9-14-11-6-15(9)4-2-3-10/h5-6H,2-4,10H2,1H3,(H,12,13). The van der Waals surface area contributed by atoms with Crippen LogP contribution < -0.4 is 5.73 Å². The molecule has 0 amide bonds. The van der Waals surface area contributed by atoms with E-state index in [4.69, 9.17) is 5.73 Å². The molecule has 0 saturated carbocycles. The number of rotatable bonds is 4. The van der Waals surface area contributed by atoms with E-state index in [2.05, 4.69) is 20.4 Å². The van der Waals surface area contributed by atoms with Crippen LogP contribution in [-0.2, 0) is 6.54 Å². The molecule has 0 aromatic carbocycles. The van der Waals surface area contributed by atoms with E-state index < -0.39 is 0 Å². The first-order valence-electron chi connectivity index (χ1n) is 4.91. The smallest absolute Gasteiger partial charge is 0.184 e. The van der Waals surface area contributed by atoms with Gasteiger partial charge >= 0.3 is 0 Å². The summed E-state index contributed by atoms with van der Waals surface area (Å²) in [5, 5.41) is 15.0. The normalized spacial score (nSPS) is 10.8. The zero-order valence-electron chi connectivity index (χ0n) is 8.64. The van der Waals surface area contributed by atoms with E-state index in [9.17, 15) is 0 Å². The van der Waals surface area contributed by atoms with Crippen molar-refractivity contribution in [3.8, 4) is 11.5 Å². The van der Waals surface area contributed by atoms with Crippen molar-refractivity contribution in [1.29, 1.82) is 0 Å². The van der Waals surface area contributed by atoms with Crippen molar-refractivity contribution in [2.45, 2.75) is 19.9 Å². The van der Waals surface area contributed by atoms with Crippen LogP contribution in [0.2, 0.25) is 0 Å². The Morgan fingerprint density at radius 2 is 2.40 bits per heavy atom. The first kappa shape index (κ1) is 9.85. The van der Waals surface area contributed by atoms with Crippen molar-refractivity contribution >= 4 is 0 Å². The lowest BCUT2D eigenvalue weighted by Gasteiger charge is -2.02. The van der Waals surface area contributed by atoms with E-state index >= 15 is 0 Å². The summed E-state index contributed by atoms with van der Waals surface area (Å²) in [5.41, 5.74) is 7.30. The second-order valence-electron chi connectivity index (χ2n) is 3.43. The Morgan fingerprint density at radius 3 is 3.07 bits per heavy atom. The second-order valence-corrected chi connectivity index (χ2v) is 3.43. The van der Waals surface area contributed by atoms with Crippen molar-refractivity contribution in [2.75, 3.05) is 6.54 Å². The third-order valence-corrected chi connectivity index (χ3v) is 2.15. The van der Waals surface area contributed by atoms with Crippen molar-refractivity contribution in [3.05, 3.63) is 18.1 Å². The van der Waals surface area contributed by atoms with E-state index in [0.717, 1.165) is 30.2 Å². The Hall–Kier alpha value is -1.69. The minimum atomic E-state index is 0.664. The number of aromatic amines is 1. The molecule has 2 aromatic rings. The molecule has 0 radical (unpaired) electrons. The molecule has 0 aliphatic carbocycles. The van der Waals surface area contributed by atoms with Crippen LogP contribution in [0.1, 0.15) is 12.1 Å². The maximum atomic E-state index is 5.46. The SMILES string of the molecule is Cc1cc(-c2nncn2CCCN)n[nH]1. The van der Waals surface area contributed by atoms with Gasteiger partial charge in [0.25, 0.3) is 0 Å². The molecule has 6 nitrogen and oxygen atoms in total. The number of hydrogen-bond acceptors (Lipinski definition) is 4. The van der Waals surface area contributed by atoms with E-state index in [1.54, 1.807) is 6.33 Å².